The largest absolute Gasteiger partial charge is 0.312 e. The highest BCUT2D eigenvalue weighted by Crippen LogP contribution is 2.19. The molecule has 88 valence electrons. The number of hydrogen-bond donors (Lipinski definition) is 3. The van der Waals surface area contributed by atoms with E-state index in [1.807, 2.05) is 0 Å². The van der Waals surface area contributed by atoms with Gasteiger partial charge in [-0.15, -0.1) is 0 Å². The first kappa shape index (κ1) is 11.4. The Morgan fingerprint density at radius 2 is 1.67 bits per heavy atom. The van der Waals surface area contributed by atoms with Gasteiger partial charge in [-0.2, -0.15) is 0 Å². The number of hydrogen-bond acceptors (Lipinski definition) is 3. The Hall–Kier alpha value is -0.120. The average Bonchev–Trinajstić information content (AvgIpc) is 2.25. The number of fused-ring (bicyclic) bond motifs is 1. The molecule has 0 spiro atoms. The van der Waals surface area contributed by atoms with Crippen LogP contribution in [0.2, 0.25) is 0 Å². The van der Waals surface area contributed by atoms with Crippen molar-refractivity contribution in [2.45, 2.75) is 63.6 Å². The Morgan fingerprint density at radius 1 is 1.00 bits per heavy atom. The quantitative estimate of drug-likeness (QED) is 0.563. The van der Waals surface area contributed by atoms with Crippen LogP contribution in [0.5, 0.6) is 0 Å². The third kappa shape index (κ3) is 3.16. The molecular weight excluding hydrogens is 186 g/mol. The smallest absolute Gasteiger partial charge is 0.0461 e. The fraction of sp³-hybridized carbons (Fsp3) is 1.00. The minimum Gasteiger partial charge on any atom is -0.312 e. The zero-order valence-corrected chi connectivity index (χ0v) is 10.1. The lowest BCUT2D eigenvalue weighted by molar-refractivity contribution is 0.287. The number of nitrogens with one attached hydrogen (secondary N) is 3. The highest BCUT2D eigenvalue weighted by Gasteiger charge is 2.27. The lowest BCUT2D eigenvalue weighted by atomic mass is 9.90. The molecule has 1 aliphatic carbocycles. The van der Waals surface area contributed by atoms with Gasteiger partial charge in [-0.3, -0.25) is 5.32 Å². The minimum absolute atomic E-state index is 0.257. The van der Waals surface area contributed by atoms with Crippen LogP contribution in [0.3, 0.4) is 0 Å². The Kier molecular flexibility index (Phi) is 3.65. The number of rotatable bonds is 0. The van der Waals surface area contributed by atoms with Gasteiger partial charge in [0.1, 0.15) is 0 Å². The Morgan fingerprint density at radius 3 is 2.40 bits per heavy atom. The lowest BCUT2D eigenvalue weighted by Crippen LogP contribution is -2.51. The van der Waals surface area contributed by atoms with E-state index in [1.54, 1.807) is 0 Å². The molecule has 2 fully saturated rings. The van der Waals surface area contributed by atoms with E-state index in [1.165, 1.54) is 32.1 Å². The van der Waals surface area contributed by atoms with Gasteiger partial charge in [-0.05, 0) is 39.7 Å². The maximum absolute atomic E-state index is 3.72. The summed E-state index contributed by atoms with van der Waals surface area (Å²) < 4.78 is 0. The van der Waals surface area contributed by atoms with Crippen LogP contribution in [-0.2, 0) is 0 Å². The van der Waals surface area contributed by atoms with Crippen LogP contribution < -0.4 is 16.0 Å². The summed E-state index contributed by atoms with van der Waals surface area (Å²) in [5, 5.41) is 10.9. The van der Waals surface area contributed by atoms with Crippen molar-refractivity contribution in [3.63, 3.8) is 0 Å². The molecule has 0 amide bonds. The van der Waals surface area contributed by atoms with Gasteiger partial charge in [0.05, 0.1) is 0 Å². The molecule has 3 nitrogen and oxygen atoms in total. The van der Waals surface area contributed by atoms with E-state index in [4.69, 9.17) is 0 Å². The SMILES string of the molecule is CC1(C)CCNC2CCCCC2NCN1. The van der Waals surface area contributed by atoms with Crippen molar-refractivity contribution in [1.29, 1.82) is 0 Å². The fourth-order valence-corrected chi connectivity index (χ4v) is 2.70. The zero-order valence-electron chi connectivity index (χ0n) is 10.1. The molecule has 1 saturated carbocycles. The van der Waals surface area contributed by atoms with Crippen molar-refractivity contribution >= 4 is 0 Å². The van der Waals surface area contributed by atoms with Crippen LogP contribution >= 0.6 is 0 Å². The monoisotopic (exact) mass is 211 g/mol. The van der Waals surface area contributed by atoms with E-state index >= 15 is 0 Å². The molecule has 2 rings (SSSR count). The second-order valence-corrected chi connectivity index (χ2v) is 5.64. The van der Waals surface area contributed by atoms with Gasteiger partial charge < -0.3 is 10.6 Å². The van der Waals surface area contributed by atoms with Gasteiger partial charge >= 0.3 is 0 Å². The predicted octanol–water partition coefficient (Wildman–Crippen LogP) is 1.21. The second kappa shape index (κ2) is 4.81. The normalized spacial score (nSPS) is 37.2. The predicted molar refractivity (Wildman–Crippen MR) is 63.9 cm³/mol. The van der Waals surface area contributed by atoms with Gasteiger partial charge in [0.2, 0.25) is 0 Å². The van der Waals surface area contributed by atoms with Gasteiger partial charge in [0, 0.05) is 24.3 Å². The highest BCUT2D eigenvalue weighted by molar-refractivity contribution is 4.89. The molecular formula is C12H25N3. The second-order valence-electron chi connectivity index (χ2n) is 5.64. The Balaban J connectivity index is 1.93. The maximum Gasteiger partial charge on any atom is 0.0461 e. The Labute approximate surface area is 93.4 Å². The van der Waals surface area contributed by atoms with Crippen molar-refractivity contribution in [3.05, 3.63) is 0 Å². The Bertz CT molecular complexity index is 183. The van der Waals surface area contributed by atoms with Gasteiger partial charge in [0.25, 0.3) is 0 Å². The van der Waals surface area contributed by atoms with Crippen molar-refractivity contribution in [3.8, 4) is 0 Å². The van der Waals surface area contributed by atoms with E-state index in [9.17, 15) is 0 Å². The van der Waals surface area contributed by atoms with E-state index in [0.717, 1.165) is 13.2 Å². The van der Waals surface area contributed by atoms with E-state index in [0.29, 0.717) is 12.1 Å². The molecule has 0 aromatic rings. The van der Waals surface area contributed by atoms with E-state index in [2.05, 4.69) is 29.8 Å². The topological polar surface area (TPSA) is 36.1 Å². The highest BCUT2D eigenvalue weighted by atomic mass is 15.2. The molecule has 1 heterocycles. The van der Waals surface area contributed by atoms with E-state index < -0.39 is 0 Å². The van der Waals surface area contributed by atoms with Gasteiger partial charge in [-0.25, -0.2) is 0 Å². The first-order valence-corrected chi connectivity index (χ1v) is 6.39. The molecule has 3 heteroatoms. The third-order valence-electron chi connectivity index (χ3n) is 3.85. The molecule has 2 aliphatic rings. The molecule has 0 aromatic heterocycles. The average molecular weight is 211 g/mol. The van der Waals surface area contributed by atoms with Crippen LogP contribution in [-0.4, -0.2) is 30.8 Å². The van der Waals surface area contributed by atoms with Crippen molar-refractivity contribution in [2.24, 2.45) is 0 Å². The zero-order chi connectivity index (χ0) is 10.7. The summed E-state index contributed by atoms with van der Waals surface area (Å²) in [6.45, 7) is 6.66. The minimum atomic E-state index is 0.257. The van der Waals surface area contributed by atoms with Gasteiger partial charge in [0.15, 0.2) is 0 Å². The molecule has 15 heavy (non-hydrogen) atoms. The molecule has 0 bridgehead atoms. The standard InChI is InChI=1S/C12H25N3/c1-12(2)7-8-13-10-5-3-4-6-11(10)14-9-15-12/h10-11,13-15H,3-9H2,1-2H3. The van der Waals surface area contributed by atoms with Crippen molar-refractivity contribution in [1.82, 2.24) is 16.0 Å². The molecule has 3 N–H and O–H groups in total. The van der Waals surface area contributed by atoms with Crippen LogP contribution in [0.15, 0.2) is 0 Å². The molecule has 2 unspecified atom stereocenters. The summed E-state index contributed by atoms with van der Waals surface area (Å²) in [5.74, 6) is 0. The summed E-state index contributed by atoms with van der Waals surface area (Å²) in [5.41, 5.74) is 0.257. The third-order valence-corrected chi connectivity index (χ3v) is 3.85. The van der Waals surface area contributed by atoms with E-state index in [-0.39, 0.29) is 5.54 Å². The maximum atomic E-state index is 3.72. The first-order chi connectivity index (χ1) is 7.17. The summed E-state index contributed by atoms with van der Waals surface area (Å²) in [7, 11) is 0. The molecule has 0 radical (unpaired) electrons. The molecule has 2 atom stereocenters. The molecule has 0 aromatic carbocycles. The van der Waals surface area contributed by atoms with Crippen LogP contribution in [0.1, 0.15) is 46.0 Å². The molecule has 1 saturated heterocycles. The first-order valence-electron chi connectivity index (χ1n) is 6.39. The summed E-state index contributed by atoms with van der Waals surface area (Å²) in [4.78, 5) is 0. The van der Waals surface area contributed by atoms with Gasteiger partial charge in [-0.1, -0.05) is 12.8 Å². The summed E-state index contributed by atoms with van der Waals surface area (Å²) in [6, 6.07) is 1.38. The van der Waals surface area contributed by atoms with Crippen LogP contribution in [0.4, 0.5) is 0 Å². The van der Waals surface area contributed by atoms with Crippen molar-refractivity contribution < 1.29 is 0 Å². The van der Waals surface area contributed by atoms with Crippen LogP contribution in [0.25, 0.3) is 0 Å². The van der Waals surface area contributed by atoms with Crippen LogP contribution in [0, 0.1) is 0 Å². The fourth-order valence-electron chi connectivity index (χ4n) is 2.70. The molecule has 1 aliphatic heterocycles. The summed E-state index contributed by atoms with van der Waals surface area (Å²) >= 11 is 0. The van der Waals surface area contributed by atoms with Crippen molar-refractivity contribution in [2.75, 3.05) is 13.2 Å². The summed E-state index contributed by atoms with van der Waals surface area (Å²) in [6.07, 6.45) is 6.67. The lowest BCUT2D eigenvalue weighted by Gasteiger charge is -2.32.